The second-order valence-electron chi connectivity index (χ2n) is 1.76. The van der Waals surface area contributed by atoms with Crippen molar-refractivity contribution in [2.24, 2.45) is 0 Å². The Morgan fingerprint density at radius 2 is 1.78 bits per heavy atom. The molecule has 0 spiro atoms. The quantitative estimate of drug-likeness (QED) is 0.535. The summed E-state index contributed by atoms with van der Waals surface area (Å²) in [7, 11) is 0. The second kappa shape index (κ2) is 2.44. The van der Waals surface area contributed by atoms with E-state index in [-0.39, 0.29) is 5.82 Å². The van der Waals surface area contributed by atoms with E-state index in [2.05, 4.69) is 6.58 Å². The van der Waals surface area contributed by atoms with Crippen molar-refractivity contribution in [1.82, 2.24) is 0 Å². The average Bonchev–Trinajstić information content (AvgIpc) is 1.90. The molecule has 0 fully saturated rings. The van der Waals surface area contributed by atoms with Crippen LogP contribution in [-0.2, 0) is 0 Å². The van der Waals surface area contributed by atoms with Gasteiger partial charge in [0.25, 0.3) is 0 Å². The maximum atomic E-state index is 12.2. The molecule has 46 valence electrons. The first-order chi connectivity index (χ1) is 4.33. The second-order valence-corrected chi connectivity index (χ2v) is 1.76. The van der Waals surface area contributed by atoms with Gasteiger partial charge >= 0.3 is 0 Å². The number of rotatable bonds is 1. The minimum atomic E-state index is -0.208. The smallest absolute Gasteiger partial charge is 0.123 e. The standard InChI is InChI=1S/C8H7F/c1-2-7-3-5-8(9)6-4-7/h2-6H,1H2/i9-1. The third-order valence-corrected chi connectivity index (χ3v) is 1.11. The van der Waals surface area contributed by atoms with Crippen LogP contribution >= 0.6 is 0 Å². The molecule has 0 aliphatic heterocycles. The summed E-state index contributed by atoms with van der Waals surface area (Å²) in [4.78, 5) is 0. The lowest BCUT2D eigenvalue weighted by Crippen LogP contribution is -1.72. The highest BCUT2D eigenvalue weighted by Crippen LogP contribution is 2.02. The van der Waals surface area contributed by atoms with Crippen molar-refractivity contribution < 1.29 is 4.39 Å². The Balaban J connectivity index is 3.01. The Morgan fingerprint density at radius 3 is 2.22 bits per heavy atom. The lowest BCUT2D eigenvalue weighted by molar-refractivity contribution is 0.628. The summed E-state index contributed by atoms with van der Waals surface area (Å²) in [6.45, 7) is 3.54. The normalized spacial score (nSPS) is 9.00. The molecule has 0 N–H and O–H groups in total. The molecule has 0 bridgehead atoms. The summed E-state index contributed by atoms with van der Waals surface area (Å²) >= 11 is 0. The molecule has 0 saturated carbocycles. The molecule has 0 nitrogen and oxygen atoms in total. The zero-order chi connectivity index (χ0) is 6.69. The van der Waals surface area contributed by atoms with Crippen molar-refractivity contribution in [2.75, 3.05) is 0 Å². The molecule has 1 heteroatoms. The number of benzene rings is 1. The van der Waals surface area contributed by atoms with Crippen molar-refractivity contribution in [2.45, 2.75) is 0 Å². The SMILES string of the molecule is C=Cc1ccc([18F])cc1. The third-order valence-electron chi connectivity index (χ3n) is 1.11. The molecular weight excluding hydrogens is 114 g/mol. The minimum Gasteiger partial charge on any atom is -0.207 e. The van der Waals surface area contributed by atoms with Crippen LogP contribution in [0.5, 0.6) is 0 Å². The van der Waals surface area contributed by atoms with Crippen LogP contribution in [0.3, 0.4) is 0 Å². The first-order valence-corrected chi connectivity index (χ1v) is 2.71. The van der Waals surface area contributed by atoms with Crippen molar-refractivity contribution in [3.8, 4) is 0 Å². The van der Waals surface area contributed by atoms with Gasteiger partial charge in [0, 0.05) is 0 Å². The summed E-state index contributed by atoms with van der Waals surface area (Å²) in [6.07, 6.45) is 1.68. The van der Waals surface area contributed by atoms with Gasteiger partial charge in [-0.15, -0.1) is 0 Å². The van der Waals surface area contributed by atoms with Crippen molar-refractivity contribution in [3.05, 3.63) is 42.2 Å². The lowest BCUT2D eigenvalue weighted by atomic mass is 10.2. The van der Waals surface area contributed by atoms with E-state index >= 15 is 0 Å². The van der Waals surface area contributed by atoms with Gasteiger partial charge in [0.05, 0.1) is 0 Å². The van der Waals surface area contributed by atoms with E-state index in [1.807, 2.05) is 0 Å². The van der Waals surface area contributed by atoms with Crippen LogP contribution in [0.25, 0.3) is 6.08 Å². The molecule has 0 aliphatic carbocycles. The van der Waals surface area contributed by atoms with Gasteiger partial charge < -0.3 is 0 Å². The Hall–Kier alpha value is -1.11. The Labute approximate surface area is 53.6 Å². The molecule has 0 amide bonds. The van der Waals surface area contributed by atoms with Crippen molar-refractivity contribution in [3.63, 3.8) is 0 Å². The van der Waals surface area contributed by atoms with Crippen LogP contribution < -0.4 is 0 Å². The fourth-order valence-corrected chi connectivity index (χ4v) is 0.599. The zero-order valence-electron chi connectivity index (χ0n) is 4.97. The van der Waals surface area contributed by atoms with Gasteiger partial charge in [-0.1, -0.05) is 24.8 Å². The minimum absolute atomic E-state index is 0.208. The molecule has 0 radical (unpaired) electrons. The van der Waals surface area contributed by atoms with Crippen molar-refractivity contribution >= 4 is 6.08 Å². The molecule has 0 atom stereocenters. The first-order valence-electron chi connectivity index (χ1n) is 2.71. The summed E-state index contributed by atoms with van der Waals surface area (Å²) in [5, 5.41) is 0. The maximum Gasteiger partial charge on any atom is 0.123 e. The molecule has 1 aromatic rings. The Kier molecular flexibility index (Phi) is 1.63. The van der Waals surface area contributed by atoms with Crippen LogP contribution in [0.4, 0.5) is 4.39 Å². The fourth-order valence-electron chi connectivity index (χ4n) is 0.599. The monoisotopic (exact) mass is 121 g/mol. The van der Waals surface area contributed by atoms with Crippen LogP contribution in [0.15, 0.2) is 30.8 Å². The van der Waals surface area contributed by atoms with E-state index in [9.17, 15) is 4.39 Å². The zero-order valence-corrected chi connectivity index (χ0v) is 4.97. The highest BCUT2D eigenvalue weighted by Gasteiger charge is 1.85. The van der Waals surface area contributed by atoms with Crippen molar-refractivity contribution in [1.29, 1.82) is 0 Å². The topological polar surface area (TPSA) is 0 Å². The predicted molar refractivity (Wildman–Crippen MR) is 36.5 cm³/mol. The molecule has 0 aliphatic rings. The highest BCUT2D eigenvalue weighted by molar-refractivity contribution is 5.45. The summed E-state index contributed by atoms with van der Waals surface area (Å²) in [5.41, 5.74) is 0.941. The maximum absolute atomic E-state index is 12.2. The molecule has 1 rings (SSSR count). The molecular formula is C8H7F. The van der Waals surface area contributed by atoms with Gasteiger partial charge in [0.15, 0.2) is 0 Å². The Morgan fingerprint density at radius 1 is 1.22 bits per heavy atom. The van der Waals surface area contributed by atoms with E-state index in [4.69, 9.17) is 0 Å². The van der Waals surface area contributed by atoms with Crippen LogP contribution in [0.1, 0.15) is 5.56 Å². The van der Waals surface area contributed by atoms with Gasteiger partial charge in [-0.25, -0.2) is 4.39 Å². The van der Waals surface area contributed by atoms with Gasteiger partial charge in [0.1, 0.15) is 5.82 Å². The van der Waals surface area contributed by atoms with E-state index in [1.165, 1.54) is 12.1 Å². The van der Waals surface area contributed by atoms with Crippen LogP contribution in [-0.4, -0.2) is 0 Å². The highest BCUT2D eigenvalue weighted by atomic mass is 18.2. The van der Waals surface area contributed by atoms with E-state index in [0.29, 0.717) is 0 Å². The van der Waals surface area contributed by atoms with Crippen LogP contribution in [0.2, 0.25) is 0 Å². The van der Waals surface area contributed by atoms with Gasteiger partial charge in [-0.2, -0.15) is 0 Å². The number of halogens is 1. The van der Waals surface area contributed by atoms with Gasteiger partial charge in [-0.05, 0) is 17.7 Å². The average molecular weight is 121 g/mol. The van der Waals surface area contributed by atoms with Gasteiger partial charge in [-0.3, -0.25) is 0 Å². The number of hydrogen-bond donors (Lipinski definition) is 0. The largest absolute Gasteiger partial charge is 0.207 e. The fraction of sp³-hybridized carbons (Fsp3) is 0. The summed E-state index contributed by atoms with van der Waals surface area (Å²) < 4.78 is 12.2. The first kappa shape index (κ1) is 6.02. The number of hydrogen-bond acceptors (Lipinski definition) is 0. The van der Waals surface area contributed by atoms with E-state index in [0.717, 1.165) is 5.56 Å². The summed E-state index contributed by atoms with van der Waals surface area (Å²) in [5.74, 6) is -0.208. The lowest BCUT2D eigenvalue weighted by Gasteiger charge is -1.88. The Bertz CT molecular complexity index is 198. The molecule has 1 aromatic carbocycles. The predicted octanol–water partition coefficient (Wildman–Crippen LogP) is 2.47. The summed E-state index contributed by atoms with van der Waals surface area (Å²) in [6, 6.07) is 6.19. The molecule has 0 aromatic heterocycles. The van der Waals surface area contributed by atoms with E-state index < -0.39 is 0 Å². The third kappa shape index (κ3) is 1.39. The van der Waals surface area contributed by atoms with E-state index in [1.54, 1.807) is 18.2 Å². The molecule has 0 saturated heterocycles. The molecule has 9 heavy (non-hydrogen) atoms. The molecule has 0 heterocycles. The molecule has 0 unspecified atom stereocenters. The van der Waals surface area contributed by atoms with Gasteiger partial charge in [0.2, 0.25) is 0 Å². The van der Waals surface area contributed by atoms with Crippen LogP contribution in [0, 0.1) is 5.82 Å².